The molecule has 0 aliphatic heterocycles. The van der Waals surface area contributed by atoms with Crippen LogP contribution in [0.5, 0.6) is 11.6 Å². The summed E-state index contributed by atoms with van der Waals surface area (Å²) in [5.74, 6) is -0.461. The van der Waals surface area contributed by atoms with Gasteiger partial charge in [-0.05, 0) is 68.0 Å². The van der Waals surface area contributed by atoms with Gasteiger partial charge in [0.1, 0.15) is 17.1 Å². The van der Waals surface area contributed by atoms with Crippen molar-refractivity contribution in [3.8, 4) is 22.9 Å². The number of carbonyl (C=O) groups is 1. The number of aromatic nitrogens is 2. The Kier molecular flexibility index (Phi) is 9.16. The molecule has 10 heteroatoms. The Morgan fingerprint density at radius 1 is 1.08 bits per heavy atom. The number of hydrogen-bond donors (Lipinski definition) is 1. The summed E-state index contributed by atoms with van der Waals surface area (Å²) in [6.07, 6.45) is 5.42. The van der Waals surface area contributed by atoms with Crippen LogP contribution in [0.2, 0.25) is 0 Å². The highest BCUT2D eigenvalue weighted by Gasteiger charge is 2.25. The van der Waals surface area contributed by atoms with E-state index in [-0.39, 0.29) is 25.2 Å². The van der Waals surface area contributed by atoms with Crippen molar-refractivity contribution in [1.82, 2.24) is 14.7 Å². The molecule has 3 aromatic rings. The third kappa shape index (κ3) is 7.75. The van der Waals surface area contributed by atoms with Crippen LogP contribution in [0.4, 0.5) is 4.39 Å². The summed E-state index contributed by atoms with van der Waals surface area (Å²) in [6, 6.07) is 11.8. The summed E-state index contributed by atoms with van der Waals surface area (Å²) in [5, 5.41) is -0.265. The molecule has 1 aromatic carbocycles. The number of aryl methyl sites for hydroxylation is 1. The van der Waals surface area contributed by atoms with E-state index < -0.39 is 21.7 Å². The topological polar surface area (TPSA) is 107 Å². The molecule has 2 heterocycles. The van der Waals surface area contributed by atoms with Gasteiger partial charge in [0.05, 0.1) is 18.9 Å². The van der Waals surface area contributed by atoms with Crippen LogP contribution in [0.25, 0.3) is 11.3 Å². The van der Waals surface area contributed by atoms with Crippen molar-refractivity contribution in [1.29, 1.82) is 0 Å². The molecule has 1 fully saturated rings. The lowest BCUT2D eigenvalue weighted by molar-refractivity contribution is 0.0974. The number of nitrogens with zero attached hydrogens (tertiary/aromatic N) is 2. The first-order valence-electron chi connectivity index (χ1n) is 13.2. The number of nitrogens with one attached hydrogen (secondary N) is 1. The second-order valence-corrected chi connectivity index (χ2v) is 11.9. The molecule has 0 spiro atoms. The van der Waals surface area contributed by atoms with Crippen LogP contribution in [0, 0.1) is 24.6 Å². The molecule has 1 N–H and O–H groups in total. The molecular weight excluding hydrogens is 521 g/mol. The molecule has 8 nitrogen and oxygen atoms in total. The molecule has 4 rings (SSSR count). The molecule has 0 radical (unpaired) electrons. The summed E-state index contributed by atoms with van der Waals surface area (Å²) in [4.78, 5) is 21.7. The van der Waals surface area contributed by atoms with Crippen LogP contribution in [0.15, 0.2) is 53.6 Å². The molecule has 2 aromatic heterocycles. The van der Waals surface area contributed by atoms with Crippen molar-refractivity contribution in [3.63, 3.8) is 0 Å². The molecule has 1 aliphatic carbocycles. The lowest BCUT2D eigenvalue weighted by Crippen LogP contribution is -2.32. The van der Waals surface area contributed by atoms with Gasteiger partial charge >= 0.3 is 0 Å². The van der Waals surface area contributed by atoms with E-state index in [4.69, 9.17) is 9.47 Å². The van der Waals surface area contributed by atoms with E-state index in [1.165, 1.54) is 36.8 Å². The lowest BCUT2D eigenvalue weighted by atomic mass is 9.90. The molecule has 0 atom stereocenters. The molecule has 0 saturated heterocycles. The Balaban J connectivity index is 0.00000294. The van der Waals surface area contributed by atoms with Gasteiger partial charge in [-0.3, -0.25) is 4.79 Å². The highest BCUT2D eigenvalue weighted by molar-refractivity contribution is 7.90. The van der Waals surface area contributed by atoms with E-state index in [0.717, 1.165) is 25.7 Å². The quantitative estimate of drug-likeness (QED) is 0.315. The number of sulfonamides is 1. The van der Waals surface area contributed by atoms with Crippen LogP contribution < -0.4 is 14.2 Å². The number of pyridine rings is 2. The van der Waals surface area contributed by atoms with E-state index in [0.29, 0.717) is 41.8 Å². The Bertz CT molecular complexity index is 1430. The predicted octanol–water partition coefficient (Wildman–Crippen LogP) is 6.20. The molecule has 0 bridgehead atoms. The van der Waals surface area contributed by atoms with Gasteiger partial charge < -0.3 is 9.47 Å². The van der Waals surface area contributed by atoms with Gasteiger partial charge in [0, 0.05) is 20.2 Å². The van der Waals surface area contributed by atoms with Gasteiger partial charge in [0.15, 0.2) is 5.03 Å². The smallest absolute Gasteiger partial charge is 0.281 e. The highest BCUT2D eigenvalue weighted by Crippen LogP contribution is 2.30. The molecule has 39 heavy (non-hydrogen) atoms. The van der Waals surface area contributed by atoms with Gasteiger partial charge in [0.25, 0.3) is 15.9 Å². The second kappa shape index (κ2) is 12.5. The predicted molar refractivity (Wildman–Crippen MR) is 150 cm³/mol. The maximum atomic E-state index is 14.4. The van der Waals surface area contributed by atoms with Crippen molar-refractivity contribution in [2.45, 2.75) is 57.9 Å². The van der Waals surface area contributed by atoms with Crippen molar-refractivity contribution >= 4 is 15.9 Å². The van der Waals surface area contributed by atoms with Crippen LogP contribution >= 0.6 is 0 Å². The fraction of sp³-hybridized carbons (Fsp3) is 0.414. The van der Waals surface area contributed by atoms with Gasteiger partial charge in [-0.1, -0.05) is 39.2 Å². The second-order valence-electron chi connectivity index (χ2n) is 10.3. The van der Waals surface area contributed by atoms with E-state index >= 15 is 0 Å². The minimum absolute atomic E-state index is 0. The van der Waals surface area contributed by atoms with E-state index in [1.807, 2.05) is 13.8 Å². The summed E-state index contributed by atoms with van der Waals surface area (Å²) >= 11 is 0. The number of ether oxygens (including phenoxy) is 2. The maximum Gasteiger partial charge on any atom is 0.281 e. The van der Waals surface area contributed by atoms with Crippen molar-refractivity contribution < 1.29 is 29.9 Å². The number of benzene rings is 1. The van der Waals surface area contributed by atoms with Crippen LogP contribution in [0.1, 0.15) is 64.9 Å². The van der Waals surface area contributed by atoms with Crippen LogP contribution in [0.3, 0.4) is 0 Å². The number of rotatable bonds is 10. The Morgan fingerprint density at radius 3 is 2.56 bits per heavy atom. The third-order valence-corrected chi connectivity index (χ3v) is 7.63. The van der Waals surface area contributed by atoms with Gasteiger partial charge in [-0.2, -0.15) is 8.42 Å². The molecule has 212 valence electrons. The third-order valence-electron chi connectivity index (χ3n) is 6.40. The first-order valence-corrected chi connectivity index (χ1v) is 14.7. The summed E-state index contributed by atoms with van der Waals surface area (Å²) in [6.45, 7) is 6.42. The Morgan fingerprint density at radius 2 is 1.85 bits per heavy atom. The highest BCUT2D eigenvalue weighted by atomic mass is 32.2. The average molecular weight is 560 g/mol. The average Bonchev–Trinajstić information content (AvgIpc) is 2.90. The molecule has 1 amide bonds. The molecular formula is C29H38FN3O5S. The first-order chi connectivity index (χ1) is 18.6. The summed E-state index contributed by atoms with van der Waals surface area (Å²) in [5.41, 5.74) is 1.26. The monoisotopic (exact) mass is 559 g/mol. The maximum absolute atomic E-state index is 14.4. The number of carbonyl (C=O) groups excluding carboxylic acids is 1. The zero-order chi connectivity index (χ0) is 28.0. The van der Waals surface area contributed by atoms with E-state index in [2.05, 4.69) is 14.7 Å². The van der Waals surface area contributed by atoms with E-state index in [9.17, 15) is 17.6 Å². The van der Waals surface area contributed by atoms with Crippen molar-refractivity contribution in [3.05, 3.63) is 65.6 Å². The molecule has 1 saturated carbocycles. The fourth-order valence-electron chi connectivity index (χ4n) is 4.39. The number of halogens is 1. The first kappa shape index (κ1) is 28.5. The van der Waals surface area contributed by atoms with Crippen molar-refractivity contribution in [2.75, 3.05) is 13.2 Å². The minimum atomic E-state index is -4.23. The van der Waals surface area contributed by atoms with Crippen LogP contribution in [-0.4, -0.2) is 37.5 Å². The van der Waals surface area contributed by atoms with Crippen molar-refractivity contribution in [2.24, 2.45) is 11.8 Å². The Labute approximate surface area is 232 Å². The standard InChI is InChI=1S/C29H34FN3O5S.2H2/c1-19(2)17-37-24-15-22(14-23(30)16-24)26-13-12-25(29(32-26)38-18-21-9-5-4-6-10-21)28(34)33-39(35,36)27-11-7-8-20(3)31-27;;/h7-8,11-16,19,21H,4-6,9-10,17-18H2,1-3H3,(H,33,34);2*1H. The van der Waals surface area contributed by atoms with Crippen LogP contribution in [-0.2, 0) is 10.0 Å². The largest absolute Gasteiger partial charge is 0.493 e. The van der Waals surface area contributed by atoms with E-state index in [1.54, 1.807) is 25.1 Å². The normalized spacial score (nSPS) is 14.3. The lowest BCUT2D eigenvalue weighted by Gasteiger charge is -2.22. The number of amides is 1. The summed E-state index contributed by atoms with van der Waals surface area (Å²) in [7, 11) is -4.23. The van der Waals surface area contributed by atoms with Gasteiger partial charge in [-0.25, -0.2) is 19.1 Å². The minimum Gasteiger partial charge on any atom is -0.493 e. The molecule has 1 aliphatic rings. The SMILES string of the molecule is Cc1cccc(S(=O)(=O)NC(=O)c2ccc(-c3cc(F)cc(OCC(C)C)c3)nc2OCC2CCCCC2)n1.[HH].[HH]. The fourth-order valence-corrected chi connectivity index (χ4v) is 5.37. The Hall–Kier alpha value is -3.53. The van der Waals surface area contributed by atoms with Gasteiger partial charge in [0.2, 0.25) is 5.88 Å². The summed E-state index contributed by atoms with van der Waals surface area (Å²) < 4.78 is 53.9. The zero-order valence-electron chi connectivity index (χ0n) is 22.4. The zero-order valence-corrected chi connectivity index (χ0v) is 23.3. The molecule has 0 unspecified atom stereocenters. The number of hydrogen-bond acceptors (Lipinski definition) is 7. The van der Waals surface area contributed by atoms with Gasteiger partial charge in [-0.15, -0.1) is 0 Å².